The Morgan fingerprint density at radius 3 is 3.20 bits per heavy atom. The SMILES string of the molecule is C=C1C(=O)O[C@@H]2C=CC[C@H]12. The Balaban J connectivity index is 2.30. The number of rotatable bonds is 0. The largest absolute Gasteiger partial charge is 0.454 e. The second-order valence-electron chi connectivity index (χ2n) is 2.67. The molecule has 0 unspecified atom stereocenters. The molecular weight excluding hydrogens is 128 g/mol. The van der Waals surface area contributed by atoms with Crippen LogP contribution in [0.2, 0.25) is 0 Å². The van der Waals surface area contributed by atoms with E-state index in [4.69, 9.17) is 4.74 Å². The molecular formula is C8H8O2. The topological polar surface area (TPSA) is 26.3 Å². The van der Waals surface area contributed by atoms with Gasteiger partial charge in [0, 0.05) is 11.5 Å². The first kappa shape index (κ1) is 5.71. The molecule has 1 heterocycles. The maximum Gasteiger partial charge on any atom is 0.334 e. The molecule has 0 aromatic carbocycles. The quantitative estimate of drug-likeness (QED) is 0.282. The van der Waals surface area contributed by atoms with Gasteiger partial charge in [0.2, 0.25) is 0 Å². The molecule has 0 aromatic rings. The number of ether oxygens (including phenoxy) is 1. The Morgan fingerprint density at radius 2 is 2.50 bits per heavy atom. The smallest absolute Gasteiger partial charge is 0.334 e. The van der Waals surface area contributed by atoms with E-state index in [0.717, 1.165) is 6.42 Å². The van der Waals surface area contributed by atoms with Crippen molar-refractivity contribution in [2.24, 2.45) is 5.92 Å². The van der Waals surface area contributed by atoms with Crippen LogP contribution in [0.5, 0.6) is 0 Å². The van der Waals surface area contributed by atoms with Crippen LogP contribution in [0.15, 0.2) is 24.3 Å². The highest BCUT2D eigenvalue weighted by atomic mass is 16.6. The van der Waals surface area contributed by atoms with Crippen LogP contribution in [0.25, 0.3) is 0 Å². The summed E-state index contributed by atoms with van der Waals surface area (Å²) in [6.45, 7) is 3.66. The van der Waals surface area contributed by atoms with Gasteiger partial charge in [0.05, 0.1) is 0 Å². The molecule has 0 saturated carbocycles. The number of fused-ring (bicyclic) bond motifs is 1. The predicted octanol–water partition coefficient (Wildman–Crippen LogP) is 1.04. The van der Waals surface area contributed by atoms with E-state index in [0.29, 0.717) is 5.57 Å². The number of hydrogen-bond donors (Lipinski definition) is 0. The number of allylic oxidation sites excluding steroid dienone is 1. The van der Waals surface area contributed by atoms with Crippen molar-refractivity contribution in [2.75, 3.05) is 0 Å². The van der Waals surface area contributed by atoms with Crippen LogP contribution >= 0.6 is 0 Å². The van der Waals surface area contributed by atoms with E-state index in [2.05, 4.69) is 6.58 Å². The summed E-state index contributed by atoms with van der Waals surface area (Å²) in [5, 5.41) is 0. The second-order valence-corrected chi connectivity index (χ2v) is 2.67. The summed E-state index contributed by atoms with van der Waals surface area (Å²) >= 11 is 0. The van der Waals surface area contributed by atoms with Gasteiger partial charge in [0.25, 0.3) is 0 Å². The van der Waals surface area contributed by atoms with Gasteiger partial charge >= 0.3 is 5.97 Å². The summed E-state index contributed by atoms with van der Waals surface area (Å²) < 4.78 is 4.97. The van der Waals surface area contributed by atoms with E-state index in [1.807, 2.05) is 12.2 Å². The molecule has 2 heteroatoms. The average Bonchev–Trinajstić information content (AvgIpc) is 2.41. The summed E-state index contributed by atoms with van der Waals surface area (Å²) in [6, 6.07) is 0. The number of carbonyl (C=O) groups is 1. The molecule has 2 atom stereocenters. The van der Waals surface area contributed by atoms with Crippen molar-refractivity contribution in [2.45, 2.75) is 12.5 Å². The fourth-order valence-corrected chi connectivity index (χ4v) is 1.44. The third kappa shape index (κ3) is 0.561. The highest BCUT2D eigenvalue weighted by molar-refractivity contribution is 5.91. The van der Waals surface area contributed by atoms with Crippen LogP contribution in [0, 0.1) is 5.92 Å². The predicted molar refractivity (Wildman–Crippen MR) is 36.3 cm³/mol. The second kappa shape index (κ2) is 1.72. The standard InChI is InChI=1S/C8H8O2/c1-5-6-3-2-4-7(6)10-8(5)9/h2,4,6-7H,1,3H2/t6-,7-/m1/s1. The Kier molecular flexibility index (Phi) is 0.982. The zero-order valence-corrected chi connectivity index (χ0v) is 5.54. The number of hydrogen-bond acceptors (Lipinski definition) is 2. The molecule has 10 heavy (non-hydrogen) atoms. The maximum atomic E-state index is 10.8. The molecule has 1 saturated heterocycles. The highest BCUT2D eigenvalue weighted by Crippen LogP contribution is 2.34. The minimum absolute atomic E-state index is 0.000000000000000444. The van der Waals surface area contributed by atoms with Gasteiger partial charge in [-0.25, -0.2) is 4.79 Å². The van der Waals surface area contributed by atoms with E-state index in [1.165, 1.54) is 0 Å². The average molecular weight is 136 g/mol. The van der Waals surface area contributed by atoms with Crippen LogP contribution in [-0.4, -0.2) is 12.1 Å². The van der Waals surface area contributed by atoms with Crippen molar-refractivity contribution in [1.82, 2.24) is 0 Å². The Hall–Kier alpha value is -1.05. The lowest BCUT2D eigenvalue weighted by molar-refractivity contribution is -0.137. The minimum atomic E-state index is -0.223. The van der Waals surface area contributed by atoms with E-state index in [9.17, 15) is 4.79 Å². The fraction of sp³-hybridized carbons (Fsp3) is 0.375. The molecule has 0 aromatic heterocycles. The summed E-state index contributed by atoms with van der Waals surface area (Å²) in [7, 11) is 0. The molecule has 0 radical (unpaired) electrons. The molecule has 52 valence electrons. The normalized spacial score (nSPS) is 36.4. The van der Waals surface area contributed by atoms with Crippen LogP contribution in [0.1, 0.15) is 6.42 Å². The minimum Gasteiger partial charge on any atom is -0.454 e. The van der Waals surface area contributed by atoms with Crippen LogP contribution in [0.4, 0.5) is 0 Å². The molecule has 1 aliphatic heterocycles. The Labute approximate surface area is 59.2 Å². The summed E-state index contributed by atoms with van der Waals surface area (Å²) in [5.74, 6) is 0.0202. The van der Waals surface area contributed by atoms with Gasteiger partial charge in [-0.3, -0.25) is 0 Å². The van der Waals surface area contributed by atoms with Gasteiger partial charge in [-0.2, -0.15) is 0 Å². The fourth-order valence-electron chi connectivity index (χ4n) is 1.44. The number of carbonyl (C=O) groups excluding carboxylic acids is 1. The molecule has 2 nitrogen and oxygen atoms in total. The van der Waals surface area contributed by atoms with Gasteiger partial charge in [0.15, 0.2) is 0 Å². The van der Waals surface area contributed by atoms with Crippen LogP contribution < -0.4 is 0 Å². The van der Waals surface area contributed by atoms with Crippen molar-refractivity contribution in [1.29, 1.82) is 0 Å². The van der Waals surface area contributed by atoms with Crippen molar-refractivity contribution in [3.63, 3.8) is 0 Å². The first-order valence-electron chi connectivity index (χ1n) is 3.35. The molecule has 1 aliphatic carbocycles. The molecule has 0 amide bonds. The van der Waals surface area contributed by atoms with Crippen molar-refractivity contribution < 1.29 is 9.53 Å². The zero-order valence-electron chi connectivity index (χ0n) is 5.54. The Morgan fingerprint density at radius 1 is 1.70 bits per heavy atom. The van der Waals surface area contributed by atoms with E-state index in [1.54, 1.807) is 0 Å². The lowest BCUT2D eigenvalue weighted by Crippen LogP contribution is -2.06. The molecule has 2 aliphatic rings. The van der Waals surface area contributed by atoms with Gasteiger partial charge in [-0.05, 0) is 12.5 Å². The molecule has 0 spiro atoms. The summed E-state index contributed by atoms with van der Waals surface area (Å²) in [4.78, 5) is 10.8. The molecule has 2 rings (SSSR count). The van der Waals surface area contributed by atoms with Gasteiger partial charge in [-0.15, -0.1) is 0 Å². The molecule has 0 N–H and O–H groups in total. The Bertz CT molecular complexity index is 227. The van der Waals surface area contributed by atoms with Gasteiger partial charge < -0.3 is 4.74 Å². The van der Waals surface area contributed by atoms with E-state index in [-0.39, 0.29) is 18.0 Å². The monoisotopic (exact) mass is 136 g/mol. The summed E-state index contributed by atoms with van der Waals surface area (Å²) in [6.07, 6.45) is 4.88. The van der Waals surface area contributed by atoms with Crippen molar-refractivity contribution in [3.05, 3.63) is 24.3 Å². The lowest BCUT2D eigenvalue weighted by Gasteiger charge is -2.03. The lowest BCUT2D eigenvalue weighted by atomic mass is 9.99. The van der Waals surface area contributed by atoms with Crippen LogP contribution in [-0.2, 0) is 9.53 Å². The molecule has 0 bridgehead atoms. The van der Waals surface area contributed by atoms with E-state index < -0.39 is 0 Å². The van der Waals surface area contributed by atoms with Gasteiger partial charge in [-0.1, -0.05) is 12.7 Å². The van der Waals surface area contributed by atoms with Gasteiger partial charge in [0.1, 0.15) is 6.10 Å². The first-order chi connectivity index (χ1) is 4.79. The number of esters is 1. The van der Waals surface area contributed by atoms with Crippen molar-refractivity contribution in [3.8, 4) is 0 Å². The third-order valence-electron chi connectivity index (χ3n) is 2.07. The zero-order chi connectivity index (χ0) is 7.14. The third-order valence-corrected chi connectivity index (χ3v) is 2.07. The van der Waals surface area contributed by atoms with Crippen molar-refractivity contribution >= 4 is 5.97 Å². The maximum absolute atomic E-state index is 10.8. The molecule has 1 fully saturated rings. The van der Waals surface area contributed by atoms with E-state index >= 15 is 0 Å². The summed E-state index contributed by atoms with van der Waals surface area (Å²) in [5.41, 5.74) is 0.634. The first-order valence-corrected chi connectivity index (χ1v) is 3.35. The van der Waals surface area contributed by atoms with Crippen LogP contribution in [0.3, 0.4) is 0 Å². The highest BCUT2D eigenvalue weighted by Gasteiger charge is 2.38.